The molecule has 1 aromatic rings. The first kappa shape index (κ1) is 11.2. The zero-order chi connectivity index (χ0) is 10.9. The first-order chi connectivity index (χ1) is 6.31. The van der Waals surface area contributed by atoms with Crippen molar-refractivity contribution < 1.29 is 26.3 Å². The molecule has 78 valence electrons. The molecule has 0 N–H and O–H groups in total. The van der Waals surface area contributed by atoms with Crippen molar-refractivity contribution in [3.8, 4) is 0 Å². The van der Waals surface area contributed by atoms with Gasteiger partial charge in [-0.05, 0) is 23.9 Å². The van der Waals surface area contributed by atoms with Gasteiger partial charge in [0.25, 0.3) is 0 Å². The minimum atomic E-state index is -4.73. The van der Waals surface area contributed by atoms with Crippen LogP contribution in [0.3, 0.4) is 0 Å². The van der Waals surface area contributed by atoms with Crippen LogP contribution in [0.2, 0.25) is 0 Å². The second-order valence-corrected chi connectivity index (χ2v) is 3.33. The summed E-state index contributed by atoms with van der Waals surface area (Å²) in [5.41, 5.74) is -4.73. The second kappa shape index (κ2) is 3.72. The maximum Gasteiger partial charge on any atom is 0.446 e. The van der Waals surface area contributed by atoms with Gasteiger partial charge in [0, 0.05) is 0 Å². The minimum Gasteiger partial charge on any atom is -0.204 e. The quantitative estimate of drug-likeness (QED) is 0.404. The van der Waals surface area contributed by atoms with E-state index >= 15 is 0 Å². The number of thioether (sulfide) groups is 1. The van der Waals surface area contributed by atoms with Crippen molar-refractivity contribution in [2.24, 2.45) is 0 Å². The van der Waals surface area contributed by atoms with E-state index in [1.54, 1.807) is 0 Å². The summed E-state index contributed by atoms with van der Waals surface area (Å²) in [5, 5.41) is 0. The average Bonchev–Trinajstić information content (AvgIpc) is 2.04. The highest BCUT2D eigenvalue weighted by Crippen LogP contribution is 2.38. The number of rotatable bonds is 1. The van der Waals surface area contributed by atoms with Crippen LogP contribution < -0.4 is 0 Å². The highest BCUT2D eigenvalue weighted by molar-refractivity contribution is 8.00. The van der Waals surface area contributed by atoms with Crippen molar-refractivity contribution in [1.29, 1.82) is 0 Å². The average molecular weight is 232 g/mol. The van der Waals surface area contributed by atoms with E-state index in [1.165, 1.54) is 0 Å². The van der Waals surface area contributed by atoms with Gasteiger partial charge in [-0.15, -0.1) is 0 Å². The van der Waals surface area contributed by atoms with Gasteiger partial charge >= 0.3 is 5.51 Å². The van der Waals surface area contributed by atoms with E-state index in [0.29, 0.717) is 12.1 Å². The minimum absolute atomic E-state index is 0.437. The molecule has 0 unspecified atom stereocenters. The lowest BCUT2D eigenvalue weighted by Crippen LogP contribution is -2.02. The summed E-state index contributed by atoms with van der Waals surface area (Å²) >= 11 is -0.831. The first-order valence-corrected chi connectivity index (χ1v) is 4.02. The van der Waals surface area contributed by atoms with Gasteiger partial charge in [-0.25, -0.2) is 13.2 Å². The predicted molar refractivity (Wildman–Crippen MR) is 38.2 cm³/mol. The van der Waals surface area contributed by atoms with Crippen molar-refractivity contribution in [1.82, 2.24) is 0 Å². The fraction of sp³-hybridized carbons (Fsp3) is 0.143. The summed E-state index contributed by atoms with van der Waals surface area (Å²) in [6.45, 7) is 0. The molecule has 1 rings (SSSR count). The van der Waals surface area contributed by atoms with Gasteiger partial charge in [-0.1, -0.05) is 0 Å². The topological polar surface area (TPSA) is 0 Å². The van der Waals surface area contributed by atoms with Crippen molar-refractivity contribution in [2.75, 3.05) is 0 Å². The van der Waals surface area contributed by atoms with Crippen molar-refractivity contribution in [3.05, 3.63) is 29.6 Å². The molecule has 0 spiro atoms. The molecule has 0 aliphatic heterocycles. The molecule has 0 amide bonds. The standard InChI is InChI=1S/C7H2F6S/c8-3-1-2-4(6(10)5(3)9)14-7(11,12)13/h1-2H. The van der Waals surface area contributed by atoms with E-state index in [0.717, 1.165) is 0 Å². The van der Waals surface area contributed by atoms with E-state index in [9.17, 15) is 26.3 Å². The third-order valence-electron chi connectivity index (χ3n) is 1.23. The third-order valence-corrected chi connectivity index (χ3v) is 1.99. The molecule has 0 radical (unpaired) electrons. The van der Waals surface area contributed by atoms with Crippen LogP contribution in [0, 0.1) is 17.5 Å². The molecule has 0 saturated carbocycles. The van der Waals surface area contributed by atoms with Gasteiger partial charge in [-0.2, -0.15) is 13.2 Å². The van der Waals surface area contributed by atoms with Gasteiger partial charge in [0.1, 0.15) is 0 Å². The largest absolute Gasteiger partial charge is 0.446 e. The van der Waals surface area contributed by atoms with Crippen LogP contribution in [0.25, 0.3) is 0 Å². The molecule has 1 aromatic carbocycles. The fourth-order valence-corrected chi connectivity index (χ4v) is 1.28. The van der Waals surface area contributed by atoms with Crippen molar-refractivity contribution >= 4 is 11.8 Å². The Morgan fingerprint density at radius 2 is 1.50 bits per heavy atom. The summed E-state index contributed by atoms with van der Waals surface area (Å²) in [7, 11) is 0. The number of halogens is 6. The van der Waals surface area contributed by atoms with Crippen molar-refractivity contribution in [2.45, 2.75) is 10.4 Å². The summed E-state index contributed by atoms with van der Waals surface area (Å²) in [5.74, 6) is -5.25. The monoisotopic (exact) mass is 232 g/mol. The van der Waals surface area contributed by atoms with Crippen LogP contribution in [-0.4, -0.2) is 5.51 Å². The lowest BCUT2D eigenvalue weighted by Gasteiger charge is -2.06. The summed E-state index contributed by atoms with van der Waals surface area (Å²) in [6, 6.07) is 0.971. The third kappa shape index (κ3) is 2.57. The van der Waals surface area contributed by atoms with E-state index in [4.69, 9.17) is 0 Å². The summed E-state index contributed by atoms with van der Waals surface area (Å²) in [4.78, 5) is -0.989. The molecule has 0 heterocycles. The highest BCUT2D eigenvalue weighted by Gasteiger charge is 2.31. The van der Waals surface area contributed by atoms with Crippen LogP contribution in [0.1, 0.15) is 0 Å². The zero-order valence-corrected chi connectivity index (χ0v) is 7.15. The van der Waals surface area contributed by atoms with Gasteiger partial charge in [0.15, 0.2) is 17.5 Å². The second-order valence-electron chi connectivity index (χ2n) is 2.22. The molecular formula is C7H2F6S. The highest BCUT2D eigenvalue weighted by atomic mass is 32.2. The van der Waals surface area contributed by atoms with Crippen LogP contribution >= 0.6 is 11.8 Å². The Morgan fingerprint density at radius 1 is 0.929 bits per heavy atom. The molecule has 14 heavy (non-hydrogen) atoms. The summed E-state index contributed by atoms with van der Waals surface area (Å²) in [6.07, 6.45) is 0. The van der Waals surface area contributed by atoms with Crippen LogP contribution in [0.15, 0.2) is 17.0 Å². The number of hydrogen-bond donors (Lipinski definition) is 0. The summed E-state index contributed by atoms with van der Waals surface area (Å²) < 4.78 is 72.6. The van der Waals surface area contributed by atoms with E-state index in [2.05, 4.69) is 0 Å². The van der Waals surface area contributed by atoms with E-state index < -0.39 is 39.6 Å². The van der Waals surface area contributed by atoms with Gasteiger partial charge in [0.05, 0.1) is 4.90 Å². The van der Waals surface area contributed by atoms with Crippen LogP contribution in [0.4, 0.5) is 26.3 Å². The molecule has 0 aliphatic carbocycles. The Balaban J connectivity index is 3.06. The van der Waals surface area contributed by atoms with Gasteiger partial charge in [0.2, 0.25) is 0 Å². The molecule has 0 saturated heterocycles. The maximum absolute atomic E-state index is 12.7. The van der Waals surface area contributed by atoms with Crippen molar-refractivity contribution in [3.63, 3.8) is 0 Å². The van der Waals surface area contributed by atoms with Gasteiger partial charge in [-0.3, -0.25) is 0 Å². The molecule has 0 aromatic heterocycles. The lowest BCUT2D eigenvalue weighted by atomic mass is 10.3. The zero-order valence-electron chi connectivity index (χ0n) is 6.33. The molecule has 0 atom stereocenters. The Bertz CT molecular complexity index is 345. The van der Waals surface area contributed by atoms with E-state index in [1.807, 2.05) is 0 Å². The van der Waals surface area contributed by atoms with Crippen LogP contribution in [0.5, 0.6) is 0 Å². The smallest absolute Gasteiger partial charge is 0.204 e. The van der Waals surface area contributed by atoms with Crippen LogP contribution in [-0.2, 0) is 0 Å². The number of alkyl halides is 3. The Labute approximate surface area is 78.9 Å². The van der Waals surface area contributed by atoms with E-state index in [-0.39, 0.29) is 0 Å². The predicted octanol–water partition coefficient (Wildman–Crippen LogP) is 3.72. The Hall–Kier alpha value is -0.850. The Morgan fingerprint density at radius 3 is 2.00 bits per heavy atom. The fourth-order valence-electron chi connectivity index (χ4n) is 0.712. The molecule has 7 heteroatoms. The lowest BCUT2D eigenvalue weighted by molar-refractivity contribution is -0.0329. The van der Waals surface area contributed by atoms with Gasteiger partial charge < -0.3 is 0 Å². The molecular weight excluding hydrogens is 230 g/mol. The molecule has 0 bridgehead atoms. The SMILES string of the molecule is Fc1ccc(SC(F)(F)F)c(F)c1F. The molecule has 0 fully saturated rings. The Kier molecular flexibility index (Phi) is 2.98. The number of hydrogen-bond acceptors (Lipinski definition) is 1. The first-order valence-electron chi connectivity index (χ1n) is 3.20. The number of benzene rings is 1. The normalized spacial score (nSPS) is 11.9. The molecule has 0 nitrogen and oxygen atoms in total. The molecule has 0 aliphatic rings. The maximum atomic E-state index is 12.7.